The lowest BCUT2D eigenvalue weighted by molar-refractivity contribution is 1.19. The normalized spacial score (nSPS) is 11.3. The van der Waals surface area contributed by atoms with Crippen molar-refractivity contribution in [1.82, 2.24) is 4.57 Å². The molecule has 0 bridgehead atoms. The second kappa shape index (κ2) is 6.78. The number of anilines is 2. The molecule has 0 aliphatic heterocycles. The van der Waals surface area contributed by atoms with E-state index in [-0.39, 0.29) is 0 Å². The second-order valence-corrected chi connectivity index (χ2v) is 7.55. The van der Waals surface area contributed by atoms with Crippen molar-refractivity contribution in [3.8, 4) is 5.69 Å². The fraction of sp³-hybridized carbons (Fsp3) is 0. The molecule has 0 spiro atoms. The summed E-state index contributed by atoms with van der Waals surface area (Å²) in [6, 6.07) is 40.6. The number of aromatic nitrogens is 1. The summed E-state index contributed by atoms with van der Waals surface area (Å²) in [4.78, 5) is 0. The van der Waals surface area contributed by atoms with E-state index in [9.17, 15) is 0 Å². The number of nitrogens with one attached hydrogen (secondary N) is 1. The summed E-state index contributed by atoms with van der Waals surface area (Å²) < 4.78 is 2.39. The molecule has 142 valence electrons. The predicted octanol–water partition coefficient (Wildman–Crippen LogP) is 7.68. The summed E-state index contributed by atoms with van der Waals surface area (Å²) in [6.45, 7) is 0. The highest BCUT2D eigenvalue weighted by Gasteiger charge is 2.16. The third-order valence-electron chi connectivity index (χ3n) is 5.74. The first kappa shape index (κ1) is 16.9. The van der Waals surface area contributed by atoms with Crippen LogP contribution in [0.15, 0.2) is 115 Å². The van der Waals surface area contributed by atoms with Gasteiger partial charge in [-0.3, -0.25) is 0 Å². The molecule has 1 N–H and O–H groups in total. The molecule has 0 aliphatic rings. The molecular formula is C28H20N2. The maximum Gasteiger partial charge on any atom is 0.0621 e. The topological polar surface area (TPSA) is 17.0 Å². The predicted molar refractivity (Wildman–Crippen MR) is 128 cm³/mol. The number of hydrogen-bond acceptors (Lipinski definition) is 1. The lowest BCUT2D eigenvalue weighted by Crippen LogP contribution is -1.96. The van der Waals surface area contributed by atoms with Gasteiger partial charge in [0.05, 0.1) is 11.0 Å². The number of hydrogen-bond donors (Lipinski definition) is 1. The Bertz CT molecular complexity index is 1500. The van der Waals surface area contributed by atoms with E-state index >= 15 is 0 Å². The minimum Gasteiger partial charge on any atom is -0.355 e. The fourth-order valence-corrected chi connectivity index (χ4v) is 4.45. The Kier molecular flexibility index (Phi) is 3.82. The van der Waals surface area contributed by atoms with Gasteiger partial charge in [-0.2, -0.15) is 0 Å². The van der Waals surface area contributed by atoms with Gasteiger partial charge in [-0.25, -0.2) is 0 Å². The van der Waals surface area contributed by atoms with Crippen LogP contribution >= 0.6 is 0 Å². The van der Waals surface area contributed by atoms with E-state index in [1.54, 1.807) is 0 Å². The minimum absolute atomic E-state index is 1.09. The molecule has 0 fully saturated rings. The Hall–Kier alpha value is -4.04. The van der Waals surface area contributed by atoms with Crippen LogP contribution in [0.3, 0.4) is 0 Å². The van der Waals surface area contributed by atoms with Crippen molar-refractivity contribution >= 4 is 44.0 Å². The van der Waals surface area contributed by atoms with Gasteiger partial charge in [-0.05, 0) is 36.4 Å². The number of fused-ring (bicyclic) bond motifs is 5. The van der Waals surface area contributed by atoms with Crippen molar-refractivity contribution < 1.29 is 0 Å². The molecular weight excluding hydrogens is 364 g/mol. The summed E-state index contributed by atoms with van der Waals surface area (Å²) in [7, 11) is 0. The highest BCUT2D eigenvalue weighted by atomic mass is 15.0. The van der Waals surface area contributed by atoms with Crippen LogP contribution in [0.2, 0.25) is 0 Å². The van der Waals surface area contributed by atoms with Crippen LogP contribution in [0.1, 0.15) is 0 Å². The number of nitrogens with zero attached hydrogens (tertiary/aromatic N) is 1. The second-order valence-electron chi connectivity index (χ2n) is 7.55. The van der Waals surface area contributed by atoms with Gasteiger partial charge >= 0.3 is 0 Å². The first-order valence-corrected chi connectivity index (χ1v) is 10.2. The highest BCUT2D eigenvalue weighted by molar-refractivity contribution is 6.21. The third kappa shape index (κ3) is 2.58. The molecule has 30 heavy (non-hydrogen) atoms. The zero-order chi connectivity index (χ0) is 19.9. The van der Waals surface area contributed by atoms with Crippen LogP contribution in [0, 0.1) is 0 Å². The SMILES string of the molecule is c1ccc(Nc2cc3c4ccccc4n(-c4ccccc4)c3c3ccccc23)cc1. The summed E-state index contributed by atoms with van der Waals surface area (Å²) in [5.41, 5.74) is 5.86. The van der Waals surface area contributed by atoms with Crippen molar-refractivity contribution in [1.29, 1.82) is 0 Å². The molecule has 2 nitrogen and oxygen atoms in total. The maximum absolute atomic E-state index is 3.64. The van der Waals surface area contributed by atoms with Crippen LogP contribution < -0.4 is 5.32 Å². The lowest BCUT2D eigenvalue weighted by atomic mass is 10.0. The van der Waals surface area contributed by atoms with Gasteiger partial charge in [0.25, 0.3) is 0 Å². The molecule has 6 aromatic rings. The van der Waals surface area contributed by atoms with Crippen LogP contribution in [0.5, 0.6) is 0 Å². The molecule has 6 rings (SSSR count). The molecule has 2 heteroatoms. The Labute approximate surface area is 175 Å². The van der Waals surface area contributed by atoms with Gasteiger partial charge in [0.1, 0.15) is 0 Å². The van der Waals surface area contributed by atoms with Crippen LogP contribution in [-0.2, 0) is 0 Å². The molecule has 0 atom stereocenters. The van der Waals surface area contributed by atoms with Gasteiger partial charge in [0.15, 0.2) is 0 Å². The third-order valence-corrected chi connectivity index (χ3v) is 5.74. The Morgan fingerprint density at radius 1 is 0.500 bits per heavy atom. The molecule has 0 aliphatic carbocycles. The van der Waals surface area contributed by atoms with E-state index in [1.165, 1.54) is 38.3 Å². The molecule has 1 aromatic heterocycles. The first-order valence-electron chi connectivity index (χ1n) is 10.2. The number of para-hydroxylation sites is 3. The Morgan fingerprint density at radius 2 is 1.10 bits per heavy atom. The Balaban J connectivity index is 1.75. The standard InChI is InChI=1S/C28H20N2/c1-3-11-20(12-4-1)29-26-19-25-23-16-9-10-18-27(23)30(21-13-5-2-6-14-21)28(25)24-17-8-7-15-22(24)26/h1-19,29H. The van der Waals surface area contributed by atoms with Gasteiger partial charge in [0.2, 0.25) is 0 Å². The Morgan fingerprint density at radius 3 is 1.87 bits per heavy atom. The average molecular weight is 384 g/mol. The molecule has 0 amide bonds. The van der Waals surface area contributed by atoms with Gasteiger partial charge in [0, 0.05) is 38.6 Å². The monoisotopic (exact) mass is 384 g/mol. The minimum atomic E-state index is 1.09. The fourth-order valence-electron chi connectivity index (χ4n) is 4.45. The van der Waals surface area contributed by atoms with Crippen molar-refractivity contribution in [3.63, 3.8) is 0 Å². The largest absolute Gasteiger partial charge is 0.355 e. The zero-order valence-corrected chi connectivity index (χ0v) is 16.4. The van der Waals surface area contributed by atoms with Gasteiger partial charge < -0.3 is 9.88 Å². The molecule has 5 aromatic carbocycles. The maximum atomic E-state index is 3.64. The molecule has 1 heterocycles. The summed E-state index contributed by atoms with van der Waals surface area (Å²) in [5.74, 6) is 0. The van der Waals surface area contributed by atoms with E-state index in [0.29, 0.717) is 0 Å². The average Bonchev–Trinajstić information content (AvgIpc) is 3.15. The van der Waals surface area contributed by atoms with Gasteiger partial charge in [-0.1, -0.05) is 78.9 Å². The van der Waals surface area contributed by atoms with Crippen molar-refractivity contribution in [2.24, 2.45) is 0 Å². The van der Waals surface area contributed by atoms with Crippen LogP contribution in [0.4, 0.5) is 11.4 Å². The zero-order valence-electron chi connectivity index (χ0n) is 16.4. The molecule has 0 saturated carbocycles. The van der Waals surface area contributed by atoms with E-state index in [0.717, 1.165) is 11.4 Å². The highest BCUT2D eigenvalue weighted by Crippen LogP contribution is 2.40. The lowest BCUT2D eigenvalue weighted by Gasteiger charge is -2.14. The van der Waals surface area contributed by atoms with E-state index in [2.05, 4.69) is 119 Å². The van der Waals surface area contributed by atoms with Crippen molar-refractivity contribution in [2.45, 2.75) is 0 Å². The van der Waals surface area contributed by atoms with Gasteiger partial charge in [-0.15, -0.1) is 0 Å². The first-order chi connectivity index (χ1) is 14.9. The van der Waals surface area contributed by atoms with Crippen LogP contribution in [0.25, 0.3) is 38.3 Å². The van der Waals surface area contributed by atoms with E-state index < -0.39 is 0 Å². The molecule has 0 unspecified atom stereocenters. The van der Waals surface area contributed by atoms with Crippen molar-refractivity contribution in [3.05, 3.63) is 115 Å². The summed E-state index contributed by atoms with van der Waals surface area (Å²) in [5, 5.41) is 8.62. The smallest absolute Gasteiger partial charge is 0.0621 e. The van der Waals surface area contributed by atoms with E-state index in [1.807, 2.05) is 6.07 Å². The molecule has 0 saturated heterocycles. The molecule has 0 radical (unpaired) electrons. The number of rotatable bonds is 3. The summed E-state index contributed by atoms with van der Waals surface area (Å²) >= 11 is 0. The van der Waals surface area contributed by atoms with Crippen LogP contribution in [-0.4, -0.2) is 4.57 Å². The van der Waals surface area contributed by atoms with E-state index in [4.69, 9.17) is 0 Å². The van der Waals surface area contributed by atoms with Crippen molar-refractivity contribution in [2.75, 3.05) is 5.32 Å². The summed E-state index contributed by atoms with van der Waals surface area (Å²) in [6.07, 6.45) is 0. The number of benzene rings is 5. The quantitative estimate of drug-likeness (QED) is 0.331.